The standard InChI is InChI=1S/C20H17ClF6N2O4S/c21-15-8-13(4-5-14(15)18(31,19(22,23)24)20(25,26)27)29-16(30)7-12-3-6-17(28-9-12)34(32,33)10-11-1-2-11/h3-6,8-9,11,31H,1-2,7,10H2,(H,29,30). The van der Waals surface area contributed by atoms with Crippen LogP contribution in [0, 0.1) is 5.92 Å². The van der Waals surface area contributed by atoms with Crippen molar-refractivity contribution in [3.05, 3.63) is 52.7 Å². The van der Waals surface area contributed by atoms with E-state index in [2.05, 4.69) is 10.3 Å². The Hall–Kier alpha value is -2.38. The fourth-order valence-corrected chi connectivity index (χ4v) is 5.05. The van der Waals surface area contributed by atoms with Gasteiger partial charge in [-0.2, -0.15) is 26.3 Å². The largest absolute Gasteiger partial charge is 0.430 e. The SMILES string of the molecule is O=C(Cc1ccc(S(=O)(=O)CC2CC2)nc1)Nc1ccc(C(O)(C(F)(F)F)C(F)(F)F)c(Cl)c1. The number of aliphatic hydroxyl groups is 1. The first-order valence-corrected chi connectivity index (χ1v) is 11.7. The second kappa shape index (κ2) is 9.00. The third-order valence-electron chi connectivity index (χ3n) is 5.10. The van der Waals surface area contributed by atoms with Crippen LogP contribution in [0.2, 0.25) is 5.02 Å². The molecule has 1 aromatic carbocycles. The van der Waals surface area contributed by atoms with E-state index in [4.69, 9.17) is 11.6 Å². The van der Waals surface area contributed by atoms with Crippen molar-refractivity contribution in [2.75, 3.05) is 11.1 Å². The van der Waals surface area contributed by atoms with Gasteiger partial charge in [-0.3, -0.25) is 4.79 Å². The topological polar surface area (TPSA) is 96.4 Å². The van der Waals surface area contributed by atoms with Crippen molar-refractivity contribution in [2.45, 2.75) is 42.2 Å². The highest BCUT2D eigenvalue weighted by Crippen LogP contribution is 2.52. The molecule has 186 valence electrons. The zero-order chi connectivity index (χ0) is 25.5. The number of hydrogen-bond donors (Lipinski definition) is 2. The molecule has 2 aromatic rings. The van der Waals surface area contributed by atoms with Crippen molar-refractivity contribution in [1.82, 2.24) is 4.98 Å². The lowest BCUT2D eigenvalue weighted by Crippen LogP contribution is -2.54. The first kappa shape index (κ1) is 26.2. The van der Waals surface area contributed by atoms with Gasteiger partial charge in [0.15, 0.2) is 14.9 Å². The number of alkyl halides is 6. The zero-order valence-corrected chi connectivity index (χ0v) is 18.6. The summed E-state index contributed by atoms with van der Waals surface area (Å²) in [6.07, 6.45) is -9.66. The summed E-state index contributed by atoms with van der Waals surface area (Å²) in [5, 5.41) is 10.5. The van der Waals surface area contributed by atoms with Crippen molar-refractivity contribution >= 4 is 33.0 Å². The molecule has 0 bridgehead atoms. The van der Waals surface area contributed by atoms with Crippen molar-refractivity contribution in [2.24, 2.45) is 5.92 Å². The molecular formula is C20H17ClF6N2O4S. The highest BCUT2D eigenvalue weighted by Gasteiger charge is 2.72. The normalized spacial score (nSPS) is 15.3. The molecule has 1 aliphatic carbocycles. The molecule has 0 saturated heterocycles. The van der Waals surface area contributed by atoms with Gasteiger partial charge in [0.1, 0.15) is 0 Å². The number of amides is 1. The predicted molar refractivity (Wildman–Crippen MR) is 109 cm³/mol. The number of benzene rings is 1. The number of aromatic nitrogens is 1. The number of carbonyl (C=O) groups is 1. The summed E-state index contributed by atoms with van der Waals surface area (Å²) in [6.45, 7) is 0. The first-order valence-electron chi connectivity index (χ1n) is 9.68. The summed E-state index contributed by atoms with van der Waals surface area (Å²) in [6, 6.07) is 4.31. The molecule has 0 unspecified atom stereocenters. The molecule has 34 heavy (non-hydrogen) atoms. The van der Waals surface area contributed by atoms with Crippen LogP contribution >= 0.6 is 11.6 Å². The van der Waals surface area contributed by atoms with Crippen LogP contribution in [0.3, 0.4) is 0 Å². The van der Waals surface area contributed by atoms with E-state index in [1.165, 1.54) is 18.3 Å². The second-order valence-electron chi connectivity index (χ2n) is 7.85. The molecule has 14 heteroatoms. The lowest BCUT2D eigenvalue weighted by Gasteiger charge is -2.33. The molecular weight excluding hydrogens is 514 g/mol. The van der Waals surface area contributed by atoms with E-state index in [1.54, 1.807) is 0 Å². The summed E-state index contributed by atoms with van der Waals surface area (Å²) in [7, 11) is -3.54. The number of hydrogen-bond acceptors (Lipinski definition) is 5. The molecule has 1 saturated carbocycles. The van der Waals surface area contributed by atoms with Crippen LogP contribution in [0.5, 0.6) is 0 Å². The van der Waals surface area contributed by atoms with Gasteiger partial charge in [-0.15, -0.1) is 0 Å². The van der Waals surface area contributed by atoms with Crippen molar-refractivity contribution < 1.29 is 44.7 Å². The van der Waals surface area contributed by atoms with Crippen LogP contribution < -0.4 is 5.32 Å². The molecule has 1 amide bonds. The average molecular weight is 531 g/mol. The van der Waals surface area contributed by atoms with Gasteiger partial charge in [0.25, 0.3) is 5.60 Å². The summed E-state index contributed by atoms with van der Waals surface area (Å²) in [5.41, 5.74) is -6.75. The van der Waals surface area contributed by atoms with Gasteiger partial charge < -0.3 is 10.4 Å². The number of halogens is 7. The van der Waals surface area contributed by atoms with Crippen LogP contribution in [0.25, 0.3) is 0 Å². The van der Waals surface area contributed by atoms with Crippen LogP contribution in [0.15, 0.2) is 41.6 Å². The maximum Gasteiger partial charge on any atom is 0.430 e. The number of pyridine rings is 1. The number of nitrogens with zero attached hydrogens (tertiary/aromatic N) is 1. The Morgan fingerprint density at radius 1 is 1.09 bits per heavy atom. The van der Waals surface area contributed by atoms with E-state index in [0.717, 1.165) is 18.9 Å². The molecule has 3 rings (SSSR count). The van der Waals surface area contributed by atoms with E-state index in [9.17, 15) is 44.7 Å². The summed E-state index contributed by atoms with van der Waals surface area (Å²) in [4.78, 5) is 16.1. The number of sulfone groups is 1. The lowest BCUT2D eigenvalue weighted by molar-refractivity contribution is -0.376. The summed E-state index contributed by atoms with van der Waals surface area (Å²) < 4.78 is 103. The fourth-order valence-electron chi connectivity index (χ4n) is 3.12. The Morgan fingerprint density at radius 2 is 1.71 bits per heavy atom. The first-order chi connectivity index (χ1) is 15.5. The molecule has 0 radical (unpaired) electrons. The molecule has 0 aliphatic heterocycles. The van der Waals surface area contributed by atoms with Gasteiger partial charge in [-0.05, 0) is 42.5 Å². The maximum absolute atomic E-state index is 13.0. The van der Waals surface area contributed by atoms with Crippen LogP contribution in [0.1, 0.15) is 24.0 Å². The van der Waals surface area contributed by atoms with E-state index in [1.807, 2.05) is 0 Å². The van der Waals surface area contributed by atoms with E-state index in [0.29, 0.717) is 17.7 Å². The third kappa shape index (κ3) is 5.47. The highest BCUT2D eigenvalue weighted by atomic mass is 35.5. The van der Waals surface area contributed by atoms with E-state index >= 15 is 0 Å². The van der Waals surface area contributed by atoms with E-state index < -0.39 is 44.3 Å². The van der Waals surface area contributed by atoms with Crippen LogP contribution in [0.4, 0.5) is 32.0 Å². The molecule has 1 fully saturated rings. The van der Waals surface area contributed by atoms with Crippen LogP contribution in [-0.4, -0.2) is 42.5 Å². The number of anilines is 1. The molecule has 6 nitrogen and oxygen atoms in total. The Labute approximate surface area is 194 Å². The molecule has 0 atom stereocenters. The third-order valence-corrected chi connectivity index (χ3v) is 7.20. The molecule has 1 aliphatic rings. The molecule has 2 N–H and O–H groups in total. The quantitative estimate of drug-likeness (QED) is 0.517. The average Bonchev–Trinajstić information content (AvgIpc) is 3.49. The lowest BCUT2D eigenvalue weighted by atomic mass is 9.92. The Kier molecular flexibility index (Phi) is 6.95. The number of nitrogens with one attached hydrogen (secondary N) is 1. The van der Waals surface area contributed by atoms with E-state index in [-0.39, 0.29) is 28.8 Å². The predicted octanol–water partition coefficient (Wildman–Crippen LogP) is 4.41. The highest BCUT2D eigenvalue weighted by molar-refractivity contribution is 7.91. The molecule has 1 heterocycles. The second-order valence-corrected chi connectivity index (χ2v) is 10.2. The van der Waals surface area contributed by atoms with Crippen molar-refractivity contribution in [3.8, 4) is 0 Å². The number of carbonyl (C=O) groups excluding carboxylic acids is 1. The van der Waals surface area contributed by atoms with Crippen molar-refractivity contribution in [1.29, 1.82) is 0 Å². The minimum atomic E-state index is -6.11. The monoisotopic (exact) mass is 530 g/mol. The maximum atomic E-state index is 13.0. The Bertz CT molecular complexity index is 1170. The minimum absolute atomic E-state index is 0.00556. The minimum Gasteiger partial charge on any atom is -0.369 e. The van der Waals surface area contributed by atoms with Gasteiger partial charge in [0.2, 0.25) is 5.91 Å². The van der Waals surface area contributed by atoms with Crippen LogP contribution in [-0.2, 0) is 26.7 Å². The molecule has 0 spiro atoms. The summed E-state index contributed by atoms with van der Waals surface area (Å²) >= 11 is 5.59. The van der Waals surface area contributed by atoms with Gasteiger partial charge in [0.05, 0.1) is 12.2 Å². The Balaban J connectivity index is 1.71. The van der Waals surface area contributed by atoms with Crippen molar-refractivity contribution in [3.63, 3.8) is 0 Å². The van der Waals surface area contributed by atoms with Gasteiger partial charge in [0, 0.05) is 22.5 Å². The zero-order valence-electron chi connectivity index (χ0n) is 17.0. The fraction of sp³-hybridized carbons (Fsp3) is 0.400. The Morgan fingerprint density at radius 3 is 2.18 bits per heavy atom. The van der Waals surface area contributed by atoms with Gasteiger partial charge in [-0.1, -0.05) is 23.7 Å². The number of rotatable bonds is 7. The van der Waals surface area contributed by atoms with Gasteiger partial charge >= 0.3 is 12.4 Å². The summed E-state index contributed by atoms with van der Waals surface area (Å²) in [5.74, 6) is -0.603. The smallest absolute Gasteiger partial charge is 0.369 e. The molecule has 1 aromatic heterocycles. The van der Waals surface area contributed by atoms with Gasteiger partial charge in [-0.25, -0.2) is 13.4 Å².